The maximum absolute atomic E-state index is 12.3. The first-order chi connectivity index (χ1) is 12.6. The zero-order valence-corrected chi connectivity index (χ0v) is 16.3. The first-order valence-electron chi connectivity index (χ1n) is 9.62. The summed E-state index contributed by atoms with van der Waals surface area (Å²) >= 11 is 0. The van der Waals surface area contributed by atoms with E-state index in [1.165, 1.54) is 18.4 Å². The molecule has 0 aromatic heterocycles. The first-order valence-corrected chi connectivity index (χ1v) is 9.62. The van der Waals surface area contributed by atoms with Crippen molar-refractivity contribution < 1.29 is 14.3 Å². The number of benzene rings is 2. The molecule has 0 bridgehead atoms. The van der Waals surface area contributed by atoms with Gasteiger partial charge in [-0.05, 0) is 68.0 Å². The molecule has 2 atom stereocenters. The fourth-order valence-electron chi connectivity index (χ4n) is 3.17. The van der Waals surface area contributed by atoms with Gasteiger partial charge in [0.1, 0.15) is 5.75 Å². The van der Waals surface area contributed by atoms with Crippen LogP contribution in [-0.2, 0) is 4.74 Å². The minimum absolute atomic E-state index is 0.0206. The quantitative estimate of drug-likeness (QED) is 0.392. The minimum atomic E-state index is -0.339. The summed E-state index contributed by atoms with van der Waals surface area (Å²) in [6, 6.07) is 15.3. The molecule has 0 saturated carbocycles. The standard InChI is InChI=1S/C23H30O3/c1-5-8-18(6-2)20-13-15-22(16-14-20)26-23(24)21-11-9-19(10-12-21)17(4)25-7-3/h9-18H,5-8H2,1-4H3. The van der Waals surface area contributed by atoms with Crippen LogP contribution in [0.3, 0.4) is 0 Å². The van der Waals surface area contributed by atoms with Crippen LogP contribution in [0.15, 0.2) is 48.5 Å². The topological polar surface area (TPSA) is 35.5 Å². The lowest BCUT2D eigenvalue weighted by Gasteiger charge is -2.15. The van der Waals surface area contributed by atoms with Gasteiger partial charge in [-0.1, -0.05) is 44.5 Å². The minimum Gasteiger partial charge on any atom is -0.423 e. The average Bonchev–Trinajstić information content (AvgIpc) is 2.67. The molecule has 0 spiro atoms. The van der Waals surface area contributed by atoms with Crippen LogP contribution in [0.4, 0.5) is 0 Å². The van der Waals surface area contributed by atoms with E-state index in [0.29, 0.717) is 23.8 Å². The molecule has 0 heterocycles. The summed E-state index contributed by atoms with van der Waals surface area (Å²) in [5, 5.41) is 0. The summed E-state index contributed by atoms with van der Waals surface area (Å²) in [5.74, 6) is 0.815. The molecule has 0 amide bonds. The van der Waals surface area contributed by atoms with Crippen LogP contribution in [0.1, 0.15) is 80.5 Å². The maximum atomic E-state index is 12.3. The van der Waals surface area contributed by atoms with Crippen LogP contribution in [0.2, 0.25) is 0 Å². The molecule has 2 aromatic rings. The monoisotopic (exact) mass is 354 g/mol. The summed E-state index contributed by atoms with van der Waals surface area (Å²) in [6.07, 6.45) is 3.50. The van der Waals surface area contributed by atoms with Gasteiger partial charge >= 0.3 is 5.97 Å². The number of rotatable bonds is 9. The number of ether oxygens (including phenoxy) is 2. The molecule has 2 unspecified atom stereocenters. The molecule has 2 aromatic carbocycles. The smallest absolute Gasteiger partial charge is 0.343 e. The van der Waals surface area contributed by atoms with Crippen LogP contribution in [0, 0.1) is 0 Å². The number of hydrogen-bond donors (Lipinski definition) is 0. The summed E-state index contributed by atoms with van der Waals surface area (Å²) in [7, 11) is 0. The molecule has 0 saturated heterocycles. The van der Waals surface area contributed by atoms with Gasteiger partial charge in [-0.3, -0.25) is 0 Å². The molecule has 3 nitrogen and oxygen atoms in total. The van der Waals surface area contributed by atoms with E-state index in [4.69, 9.17) is 9.47 Å². The molecule has 0 N–H and O–H groups in total. The van der Waals surface area contributed by atoms with Crippen LogP contribution < -0.4 is 4.74 Å². The average molecular weight is 354 g/mol. The van der Waals surface area contributed by atoms with E-state index in [0.717, 1.165) is 12.0 Å². The van der Waals surface area contributed by atoms with E-state index < -0.39 is 0 Å². The zero-order chi connectivity index (χ0) is 18.9. The van der Waals surface area contributed by atoms with Crippen molar-refractivity contribution in [1.29, 1.82) is 0 Å². The lowest BCUT2D eigenvalue weighted by Crippen LogP contribution is -2.09. The molecule has 2 rings (SSSR count). The van der Waals surface area contributed by atoms with Gasteiger partial charge in [0.15, 0.2) is 0 Å². The van der Waals surface area contributed by atoms with Crippen molar-refractivity contribution in [2.45, 2.75) is 59.0 Å². The number of carbonyl (C=O) groups excluding carboxylic acids is 1. The fraction of sp³-hybridized carbons (Fsp3) is 0.435. The van der Waals surface area contributed by atoms with Crippen LogP contribution in [0.25, 0.3) is 0 Å². The maximum Gasteiger partial charge on any atom is 0.343 e. The zero-order valence-electron chi connectivity index (χ0n) is 16.3. The van der Waals surface area contributed by atoms with Crippen molar-refractivity contribution in [3.63, 3.8) is 0 Å². The first kappa shape index (κ1) is 20.2. The molecule has 0 aliphatic heterocycles. The van der Waals surface area contributed by atoms with E-state index in [-0.39, 0.29) is 12.1 Å². The normalized spacial score (nSPS) is 13.2. The van der Waals surface area contributed by atoms with Gasteiger partial charge in [0.25, 0.3) is 0 Å². The molecule has 140 valence electrons. The lowest BCUT2D eigenvalue weighted by atomic mass is 9.92. The van der Waals surface area contributed by atoms with Gasteiger partial charge in [0.2, 0.25) is 0 Å². The third-order valence-electron chi connectivity index (χ3n) is 4.72. The largest absolute Gasteiger partial charge is 0.423 e. The molecule has 26 heavy (non-hydrogen) atoms. The van der Waals surface area contributed by atoms with Crippen molar-refractivity contribution in [2.75, 3.05) is 6.61 Å². The Balaban J connectivity index is 2.01. The molecular weight excluding hydrogens is 324 g/mol. The van der Waals surface area contributed by atoms with Crippen LogP contribution in [0.5, 0.6) is 5.75 Å². The Morgan fingerprint density at radius 3 is 2.08 bits per heavy atom. The van der Waals surface area contributed by atoms with Crippen molar-refractivity contribution in [3.05, 3.63) is 65.2 Å². The van der Waals surface area contributed by atoms with Crippen LogP contribution >= 0.6 is 0 Å². The van der Waals surface area contributed by atoms with E-state index in [1.54, 1.807) is 12.1 Å². The molecule has 0 aliphatic carbocycles. The van der Waals surface area contributed by atoms with Gasteiger partial charge in [0.05, 0.1) is 11.7 Å². The van der Waals surface area contributed by atoms with Gasteiger partial charge < -0.3 is 9.47 Å². The second-order valence-corrected chi connectivity index (χ2v) is 6.57. The molecule has 0 aliphatic rings. The highest BCUT2D eigenvalue weighted by atomic mass is 16.5. The van der Waals surface area contributed by atoms with Gasteiger partial charge in [-0.2, -0.15) is 0 Å². The highest BCUT2D eigenvalue weighted by Gasteiger charge is 2.12. The van der Waals surface area contributed by atoms with Crippen molar-refractivity contribution in [1.82, 2.24) is 0 Å². The summed E-state index contributed by atoms with van der Waals surface area (Å²) < 4.78 is 11.1. The molecule has 3 heteroatoms. The predicted molar refractivity (Wildman–Crippen MR) is 106 cm³/mol. The lowest BCUT2D eigenvalue weighted by molar-refractivity contribution is 0.0729. The van der Waals surface area contributed by atoms with Crippen LogP contribution in [-0.4, -0.2) is 12.6 Å². The summed E-state index contributed by atoms with van der Waals surface area (Å²) in [6.45, 7) is 9.06. The molecule has 0 fully saturated rings. The van der Waals surface area contributed by atoms with Gasteiger partial charge in [-0.15, -0.1) is 0 Å². The summed E-state index contributed by atoms with van der Waals surface area (Å²) in [5.41, 5.74) is 2.90. The van der Waals surface area contributed by atoms with Crippen molar-refractivity contribution in [2.24, 2.45) is 0 Å². The number of hydrogen-bond acceptors (Lipinski definition) is 3. The Labute approximate surface area is 157 Å². The fourth-order valence-corrected chi connectivity index (χ4v) is 3.17. The number of carbonyl (C=O) groups is 1. The van der Waals surface area contributed by atoms with E-state index in [2.05, 4.69) is 26.0 Å². The Morgan fingerprint density at radius 2 is 1.54 bits per heavy atom. The Kier molecular flexibility index (Phi) is 7.86. The molecular formula is C23H30O3. The Morgan fingerprint density at radius 1 is 0.923 bits per heavy atom. The third kappa shape index (κ3) is 5.43. The Hall–Kier alpha value is -2.13. The van der Waals surface area contributed by atoms with E-state index in [1.807, 2.05) is 38.1 Å². The van der Waals surface area contributed by atoms with Crippen molar-refractivity contribution in [3.8, 4) is 5.75 Å². The third-order valence-corrected chi connectivity index (χ3v) is 4.72. The van der Waals surface area contributed by atoms with Crippen molar-refractivity contribution >= 4 is 5.97 Å². The van der Waals surface area contributed by atoms with E-state index in [9.17, 15) is 4.79 Å². The predicted octanol–water partition coefficient (Wildman–Crippen LogP) is 6.30. The van der Waals surface area contributed by atoms with Gasteiger partial charge in [-0.25, -0.2) is 4.79 Å². The second-order valence-electron chi connectivity index (χ2n) is 6.57. The van der Waals surface area contributed by atoms with Gasteiger partial charge in [0, 0.05) is 6.61 Å². The highest BCUT2D eigenvalue weighted by molar-refractivity contribution is 5.91. The SMILES string of the molecule is CCCC(CC)c1ccc(OC(=O)c2ccc(C(C)OCC)cc2)cc1. The number of esters is 1. The second kappa shape index (κ2) is 10.1. The van der Waals surface area contributed by atoms with E-state index >= 15 is 0 Å². The molecule has 0 radical (unpaired) electrons. The Bertz CT molecular complexity index is 674. The highest BCUT2D eigenvalue weighted by Crippen LogP contribution is 2.26. The summed E-state index contributed by atoms with van der Waals surface area (Å²) in [4.78, 5) is 12.3.